The van der Waals surface area contributed by atoms with Crippen LogP contribution in [-0.2, 0) is 19.4 Å². The molecule has 0 amide bonds. The summed E-state index contributed by atoms with van der Waals surface area (Å²) in [6.07, 6.45) is 1.94. The first kappa shape index (κ1) is 17.5. The number of hydrogen-bond acceptors (Lipinski definition) is 3. The van der Waals surface area contributed by atoms with Crippen LogP contribution in [0, 0.1) is 6.92 Å². The number of benzene rings is 1. The minimum atomic E-state index is 0.844. The summed E-state index contributed by atoms with van der Waals surface area (Å²) in [6.45, 7) is 5.94. The smallest absolute Gasteiger partial charge is 0.193 e. The van der Waals surface area contributed by atoms with Crippen LogP contribution in [0.15, 0.2) is 34.6 Å². The number of aryl methyl sites for hydroxylation is 2. The molecule has 4 nitrogen and oxygen atoms in total. The molecule has 2 rings (SSSR count). The van der Waals surface area contributed by atoms with Gasteiger partial charge in [-0.05, 0) is 18.9 Å². The first-order valence-electron chi connectivity index (χ1n) is 8.03. The summed E-state index contributed by atoms with van der Waals surface area (Å²) in [5, 5.41) is 6.78. The second kappa shape index (κ2) is 8.67. The molecule has 0 spiro atoms. The van der Waals surface area contributed by atoms with Gasteiger partial charge >= 0.3 is 0 Å². The molecule has 0 aliphatic rings. The molecule has 0 aliphatic carbocycles. The molecule has 23 heavy (non-hydrogen) atoms. The van der Waals surface area contributed by atoms with Crippen LogP contribution in [0.5, 0.6) is 0 Å². The standard InChI is InChI=1S/C18H26N4S/c1-5-17-21-16(13-23-17)10-11-20-18(19-3)22(4)12-15-8-6-14(2)7-9-15/h6-9,13H,5,10-12H2,1-4H3,(H,19,20). The summed E-state index contributed by atoms with van der Waals surface area (Å²) in [4.78, 5) is 11.1. The van der Waals surface area contributed by atoms with Crippen molar-refractivity contribution in [3.63, 3.8) is 0 Å². The number of nitrogens with one attached hydrogen (secondary N) is 1. The van der Waals surface area contributed by atoms with E-state index in [-0.39, 0.29) is 0 Å². The molecule has 0 unspecified atom stereocenters. The number of aromatic nitrogens is 1. The third-order valence-electron chi connectivity index (χ3n) is 3.68. The highest BCUT2D eigenvalue weighted by atomic mass is 32.1. The molecular weight excluding hydrogens is 304 g/mol. The maximum absolute atomic E-state index is 4.60. The van der Waals surface area contributed by atoms with Crippen molar-refractivity contribution in [1.82, 2.24) is 15.2 Å². The maximum Gasteiger partial charge on any atom is 0.193 e. The Kier molecular flexibility index (Phi) is 6.59. The molecule has 1 aromatic carbocycles. The lowest BCUT2D eigenvalue weighted by Gasteiger charge is -2.22. The summed E-state index contributed by atoms with van der Waals surface area (Å²) in [5.74, 6) is 0.913. The van der Waals surface area contributed by atoms with Crippen molar-refractivity contribution < 1.29 is 0 Å². The molecule has 0 radical (unpaired) electrons. The van der Waals surface area contributed by atoms with E-state index in [1.165, 1.54) is 16.1 Å². The summed E-state index contributed by atoms with van der Waals surface area (Å²) < 4.78 is 0. The fourth-order valence-corrected chi connectivity index (χ4v) is 3.13. The lowest BCUT2D eigenvalue weighted by Crippen LogP contribution is -2.39. The molecule has 0 bridgehead atoms. The van der Waals surface area contributed by atoms with Crippen molar-refractivity contribution in [1.29, 1.82) is 0 Å². The van der Waals surface area contributed by atoms with Gasteiger partial charge in [0, 0.05) is 39.0 Å². The first-order chi connectivity index (χ1) is 11.1. The van der Waals surface area contributed by atoms with Crippen molar-refractivity contribution in [2.75, 3.05) is 20.6 Å². The van der Waals surface area contributed by atoms with E-state index in [0.717, 1.165) is 37.6 Å². The molecule has 5 heteroatoms. The van der Waals surface area contributed by atoms with Crippen molar-refractivity contribution in [2.24, 2.45) is 4.99 Å². The zero-order valence-electron chi connectivity index (χ0n) is 14.5. The molecule has 0 fully saturated rings. The molecule has 1 N–H and O–H groups in total. The van der Waals surface area contributed by atoms with Gasteiger partial charge in [0.15, 0.2) is 5.96 Å². The van der Waals surface area contributed by atoms with Crippen LogP contribution < -0.4 is 5.32 Å². The molecule has 0 saturated heterocycles. The molecule has 0 aliphatic heterocycles. The molecule has 124 valence electrons. The van der Waals surface area contributed by atoms with Crippen LogP contribution in [0.1, 0.15) is 28.8 Å². The summed E-state index contributed by atoms with van der Waals surface area (Å²) in [6, 6.07) is 8.63. The summed E-state index contributed by atoms with van der Waals surface area (Å²) in [5.41, 5.74) is 3.73. The van der Waals surface area contributed by atoms with Gasteiger partial charge in [-0.25, -0.2) is 4.98 Å². The SMILES string of the molecule is CCc1nc(CCNC(=NC)N(C)Cc2ccc(C)cc2)cs1. The van der Waals surface area contributed by atoms with Gasteiger partial charge in [0.05, 0.1) is 10.7 Å². The lowest BCUT2D eigenvalue weighted by molar-refractivity contribution is 0.477. The average Bonchev–Trinajstić information content (AvgIpc) is 3.01. The van der Waals surface area contributed by atoms with Crippen LogP contribution in [0.2, 0.25) is 0 Å². The predicted molar refractivity (Wildman–Crippen MR) is 99.2 cm³/mol. The normalized spacial score (nSPS) is 11.6. The van der Waals surface area contributed by atoms with Gasteiger partial charge < -0.3 is 10.2 Å². The second-order valence-corrected chi connectivity index (χ2v) is 6.59. The molecule has 0 atom stereocenters. The van der Waals surface area contributed by atoms with Crippen molar-refractivity contribution in [2.45, 2.75) is 33.2 Å². The predicted octanol–water partition coefficient (Wildman–Crippen LogP) is 3.26. The van der Waals surface area contributed by atoms with E-state index in [2.05, 4.69) is 70.7 Å². The Morgan fingerprint density at radius 2 is 2.04 bits per heavy atom. The summed E-state index contributed by atoms with van der Waals surface area (Å²) >= 11 is 1.74. The molecular formula is C18H26N4S. The highest BCUT2D eigenvalue weighted by molar-refractivity contribution is 7.09. The van der Waals surface area contributed by atoms with E-state index in [1.54, 1.807) is 11.3 Å². The third-order valence-corrected chi connectivity index (χ3v) is 4.72. The molecule has 2 aromatic rings. The number of aliphatic imine (C=N–C) groups is 1. The van der Waals surface area contributed by atoms with E-state index in [1.807, 2.05) is 7.05 Å². The van der Waals surface area contributed by atoms with Gasteiger partial charge in [0.2, 0.25) is 0 Å². The maximum atomic E-state index is 4.60. The van der Waals surface area contributed by atoms with Gasteiger partial charge in [-0.1, -0.05) is 36.8 Å². The van der Waals surface area contributed by atoms with Crippen molar-refractivity contribution in [3.8, 4) is 0 Å². The number of hydrogen-bond donors (Lipinski definition) is 1. The van der Waals surface area contributed by atoms with Gasteiger partial charge in [-0.2, -0.15) is 0 Å². The zero-order valence-corrected chi connectivity index (χ0v) is 15.3. The highest BCUT2D eigenvalue weighted by Gasteiger charge is 2.07. The Hall–Kier alpha value is -1.88. The molecule has 0 saturated carbocycles. The number of rotatable bonds is 6. The Bertz CT molecular complexity index is 631. The number of guanidine groups is 1. The topological polar surface area (TPSA) is 40.5 Å². The van der Waals surface area contributed by atoms with Crippen molar-refractivity contribution >= 4 is 17.3 Å². The Morgan fingerprint density at radius 3 is 2.65 bits per heavy atom. The van der Waals surface area contributed by atoms with Gasteiger partial charge in [-0.3, -0.25) is 4.99 Å². The van der Waals surface area contributed by atoms with Crippen molar-refractivity contribution in [3.05, 3.63) is 51.5 Å². The van der Waals surface area contributed by atoms with Crippen LogP contribution in [0.3, 0.4) is 0 Å². The van der Waals surface area contributed by atoms with E-state index in [9.17, 15) is 0 Å². The number of thiazole rings is 1. The van der Waals surface area contributed by atoms with E-state index < -0.39 is 0 Å². The Labute approximate surface area is 143 Å². The fourth-order valence-electron chi connectivity index (χ4n) is 2.36. The van der Waals surface area contributed by atoms with Crippen LogP contribution in [0.25, 0.3) is 0 Å². The quantitative estimate of drug-likeness (QED) is 0.653. The number of nitrogens with zero attached hydrogens (tertiary/aromatic N) is 3. The average molecular weight is 331 g/mol. The zero-order chi connectivity index (χ0) is 16.7. The Morgan fingerprint density at radius 1 is 1.30 bits per heavy atom. The fraction of sp³-hybridized carbons (Fsp3) is 0.444. The minimum Gasteiger partial charge on any atom is -0.356 e. The lowest BCUT2D eigenvalue weighted by atomic mass is 10.1. The third kappa shape index (κ3) is 5.36. The summed E-state index contributed by atoms with van der Waals surface area (Å²) in [7, 11) is 3.89. The van der Waals surface area contributed by atoms with Gasteiger partial charge in [-0.15, -0.1) is 11.3 Å². The Balaban J connectivity index is 1.83. The molecule has 1 aromatic heterocycles. The highest BCUT2D eigenvalue weighted by Crippen LogP contribution is 2.10. The largest absolute Gasteiger partial charge is 0.356 e. The van der Waals surface area contributed by atoms with E-state index >= 15 is 0 Å². The molecule has 1 heterocycles. The van der Waals surface area contributed by atoms with Crippen LogP contribution in [-0.4, -0.2) is 36.5 Å². The van der Waals surface area contributed by atoms with Crippen LogP contribution in [0.4, 0.5) is 0 Å². The van der Waals surface area contributed by atoms with E-state index in [0.29, 0.717) is 0 Å². The minimum absolute atomic E-state index is 0.844. The van der Waals surface area contributed by atoms with E-state index in [4.69, 9.17) is 0 Å². The van der Waals surface area contributed by atoms with Gasteiger partial charge in [0.1, 0.15) is 0 Å². The van der Waals surface area contributed by atoms with Crippen LogP contribution >= 0.6 is 11.3 Å². The van der Waals surface area contributed by atoms with Gasteiger partial charge in [0.25, 0.3) is 0 Å². The second-order valence-electron chi connectivity index (χ2n) is 5.65. The monoisotopic (exact) mass is 330 g/mol. The first-order valence-corrected chi connectivity index (χ1v) is 8.91.